The Kier molecular flexibility index (Phi) is 7.35. The molecule has 2 rings (SSSR count). The molecule has 0 saturated heterocycles. The summed E-state index contributed by atoms with van der Waals surface area (Å²) in [6.07, 6.45) is -3.69. The van der Waals surface area contributed by atoms with Crippen molar-refractivity contribution in [2.75, 3.05) is 22.5 Å². The van der Waals surface area contributed by atoms with Crippen LogP contribution >= 0.6 is 0 Å². The van der Waals surface area contributed by atoms with Crippen LogP contribution in [0.1, 0.15) is 25.8 Å². The Morgan fingerprint density at radius 3 is 2.20 bits per heavy atom. The summed E-state index contributed by atoms with van der Waals surface area (Å²) in [5.41, 5.74) is -1.25. The number of nitrogens with one attached hydrogen (secondary N) is 1. The number of amides is 1. The summed E-state index contributed by atoms with van der Waals surface area (Å²) < 4.78 is 70.8. The fourth-order valence-corrected chi connectivity index (χ4v) is 4.18. The van der Waals surface area contributed by atoms with E-state index in [1.54, 1.807) is 26.0 Å². The number of para-hydroxylation sites is 1. The van der Waals surface area contributed by atoms with Gasteiger partial charge in [-0.15, -0.1) is 0 Å². The van der Waals surface area contributed by atoms with Crippen LogP contribution in [0.4, 0.5) is 24.5 Å². The third-order valence-electron chi connectivity index (χ3n) is 4.22. The molecule has 0 spiro atoms. The number of nitrogens with zero attached hydrogens (tertiary/aromatic N) is 1. The molecule has 0 heterocycles. The van der Waals surface area contributed by atoms with Crippen molar-refractivity contribution < 1.29 is 31.1 Å². The first-order valence-electron chi connectivity index (χ1n) is 9.18. The molecule has 1 amide bonds. The number of sulfonamides is 1. The molecule has 6 nitrogen and oxygen atoms in total. The van der Waals surface area contributed by atoms with Crippen molar-refractivity contribution in [1.29, 1.82) is 0 Å². The van der Waals surface area contributed by atoms with E-state index in [2.05, 4.69) is 5.32 Å². The topological polar surface area (TPSA) is 75.7 Å². The standard InChI is InChI=1S/C20H23F3N2O4S/c1-4-18(19(26)24-17-9-7-6-8-16(17)20(21,22)23)25(30(3,27)28)14-10-12-15(13-11-14)29-5-2/h6-13,18H,4-5H2,1-3H3,(H,24,26)/t18-/m0/s1. The number of halogens is 3. The summed E-state index contributed by atoms with van der Waals surface area (Å²) in [4.78, 5) is 12.8. The smallest absolute Gasteiger partial charge is 0.418 e. The Hall–Kier alpha value is -2.75. The van der Waals surface area contributed by atoms with Gasteiger partial charge in [-0.1, -0.05) is 19.1 Å². The van der Waals surface area contributed by atoms with E-state index in [0.717, 1.165) is 22.7 Å². The van der Waals surface area contributed by atoms with Gasteiger partial charge in [-0.25, -0.2) is 8.42 Å². The van der Waals surface area contributed by atoms with E-state index < -0.39 is 39.4 Å². The lowest BCUT2D eigenvalue weighted by molar-refractivity contribution is -0.137. The second-order valence-electron chi connectivity index (χ2n) is 6.44. The quantitative estimate of drug-likeness (QED) is 0.659. The molecule has 30 heavy (non-hydrogen) atoms. The zero-order chi connectivity index (χ0) is 22.5. The van der Waals surface area contributed by atoms with Gasteiger partial charge >= 0.3 is 6.18 Å². The minimum Gasteiger partial charge on any atom is -0.494 e. The molecule has 0 unspecified atom stereocenters. The molecule has 0 saturated carbocycles. The van der Waals surface area contributed by atoms with Crippen LogP contribution in [0, 0.1) is 0 Å². The Balaban J connectivity index is 2.40. The van der Waals surface area contributed by atoms with Crippen molar-refractivity contribution in [2.45, 2.75) is 32.5 Å². The number of hydrogen-bond donors (Lipinski definition) is 1. The molecular weight excluding hydrogens is 421 g/mol. The summed E-state index contributed by atoms with van der Waals surface area (Å²) >= 11 is 0. The maximum atomic E-state index is 13.2. The summed E-state index contributed by atoms with van der Waals surface area (Å²) in [5, 5.41) is 2.23. The number of alkyl halides is 3. The minimum absolute atomic E-state index is 0.0420. The molecule has 1 atom stereocenters. The summed E-state index contributed by atoms with van der Waals surface area (Å²) in [7, 11) is -3.92. The van der Waals surface area contributed by atoms with Crippen LogP contribution < -0.4 is 14.4 Å². The SMILES string of the molecule is CCOc1ccc(N([C@@H](CC)C(=O)Nc2ccccc2C(F)(F)F)S(C)(=O)=O)cc1. The molecule has 0 radical (unpaired) electrons. The van der Waals surface area contributed by atoms with Crippen molar-refractivity contribution in [1.82, 2.24) is 0 Å². The van der Waals surface area contributed by atoms with Crippen LogP contribution in [0.3, 0.4) is 0 Å². The highest BCUT2D eigenvalue weighted by molar-refractivity contribution is 7.92. The normalized spacial score (nSPS) is 12.9. The predicted octanol–water partition coefficient (Wildman–Crippen LogP) is 4.29. The van der Waals surface area contributed by atoms with Gasteiger partial charge in [-0.2, -0.15) is 13.2 Å². The van der Waals surface area contributed by atoms with E-state index in [-0.39, 0.29) is 12.1 Å². The Morgan fingerprint density at radius 2 is 1.70 bits per heavy atom. The van der Waals surface area contributed by atoms with Crippen LogP contribution in [0.5, 0.6) is 5.75 Å². The largest absolute Gasteiger partial charge is 0.494 e. The van der Waals surface area contributed by atoms with E-state index in [0.29, 0.717) is 12.4 Å². The van der Waals surface area contributed by atoms with Gasteiger partial charge in [-0.3, -0.25) is 9.10 Å². The molecule has 0 aromatic heterocycles. The molecule has 0 aliphatic heterocycles. The van der Waals surface area contributed by atoms with Gasteiger partial charge in [0.2, 0.25) is 15.9 Å². The number of anilines is 2. The molecular formula is C20H23F3N2O4S. The first-order chi connectivity index (χ1) is 14.0. The lowest BCUT2D eigenvalue weighted by Crippen LogP contribution is -2.47. The fourth-order valence-electron chi connectivity index (χ4n) is 2.97. The molecule has 2 aromatic rings. The van der Waals surface area contributed by atoms with Crippen LogP contribution in [-0.4, -0.2) is 33.2 Å². The van der Waals surface area contributed by atoms with Gasteiger partial charge in [0.25, 0.3) is 0 Å². The van der Waals surface area contributed by atoms with Gasteiger partial charge < -0.3 is 10.1 Å². The zero-order valence-corrected chi connectivity index (χ0v) is 17.5. The van der Waals surface area contributed by atoms with Crippen molar-refractivity contribution in [3.63, 3.8) is 0 Å². The van der Waals surface area contributed by atoms with Crippen molar-refractivity contribution in [3.05, 3.63) is 54.1 Å². The Bertz CT molecular complexity index is 976. The van der Waals surface area contributed by atoms with E-state index in [1.807, 2.05) is 0 Å². The van der Waals surface area contributed by atoms with Crippen LogP contribution in [0.25, 0.3) is 0 Å². The van der Waals surface area contributed by atoms with Crippen molar-refractivity contribution in [2.24, 2.45) is 0 Å². The third kappa shape index (κ3) is 5.65. The molecule has 1 N–H and O–H groups in total. The van der Waals surface area contributed by atoms with Crippen LogP contribution in [0.2, 0.25) is 0 Å². The maximum absolute atomic E-state index is 13.2. The van der Waals surface area contributed by atoms with Gasteiger partial charge in [0.15, 0.2) is 0 Å². The molecule has 0 aliphatic rings. The summed E-state index contributed by atoms with van der Waals surface area (Å²) in [6, 6.07) is 9.34. The van der Waals surface area contributed by atoms with Gasteiger partial charge in [0.1, 0.15) is 11.8 Å². The first-order valence-corrected chi connectivity index (χ1v) is 11.0. The minimum atomic E-state index is -4.67. The first kappa shape index (κ1) is 23.5. The Morgan fingerprint density at radius 1 is 1.10 bits per heavy atom. The zero-order valence-electron chi connectivity index (χ0n) is 16.7. The molecule has 0 aliphatic carbocycles. The highest BCUT2D eigenvalue weighted by Crippen LogP contribution is 2.35. The number of ether oxygens (including phenoxy) is 1. The van der Waals surface area contributed by atoms with E-state index >= 15 is 0 Å². The van der Waals surface area contributed by atoms with E-state index in [1.165, 1.54) is 24.3 Å². The molecule has 10 heteroatoms. The lowest BCUT2D eigenvalue weighted by atomic mass is 10.1. The molecule has 2 aromatic carbocycles. The molecule has 0 bridgehead atoms. The maximum Gasteiger partial charge on any atom is 0.418 e. The highest BCUT2D eigenvalue weighted by Gasteiger charge is 2.36. The average Bonchev–Trinajstić information content (AvgIpc) is 2.65. The number of rotatable bonds is 8. The molecule has 0 fully saturated rings. The van der Waals surface area contributed by atoms with Crippen LogP contribution in [0.15, 0.2) is 48.5 Å². The number of benzene rings is 2. The number of carbonyl (C=O) groups is 1. The van der Waals surface area contributed by atoms with Gasteiger partial charge in [0, 0.05) is 0 Å². The number of carbonyl (C=O) groups excluding carboxylic acids is 1. The Labute approximate surface area is 173 Å². The van der Waals surface area contributed by atoms with E-state index in [9.17, 15) is 26.4 Å². The summed E-state index contributed by atoms with van der Waals surface area (Å²) in [6.45, 7) is 3.80. The molecule has 164 valence electrons. The monoisotopic (exact) mass is 444 g/mol. The van der Waals surface area contributed by atoms with Crippen molar-refractivity contribution in [3.8, 4) is 5.75 Å². The lowest BCUT2D eigenvalue weighted by Gasteiger charge is -2.30. The average molecular weight is 444 g/mol. The second-order valence-corrected chi connectivity index (χ2v) is 8.30. The predicted molar refractivity (Wildman–Crippen MR) is 109 cm³/mol. The van der Waals surface area contributed by atoms with E-state index in [4.69, 9.17) is 4.74 Å². The van der Waals surface area contributed by atoms with Crippen LogP contribution in [-0.2, 0) is 21.0 Å². The third-order valence-corrected chi connectivity index (χ3v) is 5.40. The summed E-state index contributed by atoms with van der Waals surface area (Å²) in [5.74, 6) is -0.347. The highest BCUT2D eigenvalue weighted by atomic mass is 32.2. The fraction of sp³-hybridized carbons (Fsp3) is 0.350. The second kappa shape index (κ2) is 9.38. The number of hydrogen-bond acceptors (Lipinski definition) is 4. The van der Waals surface area contributed by atoms with Gasteiger partial charge in [-0.05, 0) is 49.7 Å². The van der Waals surface area contributed by atoms with Crippen molar-refractivity contribution >= 4 is 27.3 Å². The van der Waals surface area contributed by atoms with Gasteiger partial charge in [0.05, 0.1) is 29.8 Å².